The molecular weight excluding hydrogens is 152 g/mol. The average Bonchev–Trinajstić information content (AvgIpc) is 2.05. The third-order valence-electron chi connectivity index (χ3n) is 1.44. The number of aliphatic imine (C=N–C) groups is 1. The van der Waals surface area contributed by atoms with Crippen LogP contribution >= 0.6 is 0 Å². The van der Waals surface area contributed by atoms with Crippen LogP contribution in [0.15, 0.2) is 29.5 Å². The molecule has 4 heteroatoms. The standard InChI is InChI=1S/C8H12N4/c9-8(10)12-6-3-7-1-4-11-5-2-7/h1-2,4-5H,3,6H2,(H4,9,10,12). The van der Waals surface area contributed by atoms with E-state index in [1.807, 2.05) is 12.1 Å². The van der Waals surface area contributed by atoms with Crippen LogP contribution in [-0.4, -0.2) is 17.5 Å². The zero-order valence-electron chi connectivity index (χ0n) is 6.77. The maximum atomic E-state index is 5.17. The molecule has 0 saturated carbocycles. The van der Waals surface area contributed by atoms with Crippen molar-refractivity contribution < 1.29 is 0 Å². The number of rotatable bonds is 3. The molecule has 0 amide bonds. The van der Waals surface area contributed by atoms with Crippen LogP contribution < -0.4 is 11.5 Å². The fraction of sp³-hybridized carbons (Fsp3) is 0.250. The van der Waals surface area contributed by atoms with Gasteiger partial charge in [0.2, 0.25) is 0 Å². The minimum atomic E-state index is 0.143. The summed E-state index contributed by atoms with van der Waals surface area (Å²) in [5, 5.41) is 0. The molecule has 0 aliphatic rings. The van der Waals surface area contributed by atoms with Crippen molar-refractivity contribution in [2.45, 2.75) is 6.42 Å². The monoisotopic (exact) mass is 164 g/mol. The van der Waals surface area contributed by atoms with E-state index in [1.54, 1.807) is 12.4 Å². The lowest BCUT2D eigenvalue weighted by Gasteiger charge is -1.96. The SMILES string of the molecule is NC(N)=NCCc1ccncc1. The van der Waals surface area contributed by atoms with E-state index in [4.69, 9.17) is 11.5 Å². The second-order valence-corrected chi connectivity index (χ2v) is 2.41. The quantitative estimate of drug-likeness (QED) is 0.483. The molecule has 4 N–H and O–H groups in total. The van der Waals surface area contributed by atoms with Gasteiger partial charge < -0.3 is 11.5 Å². The highest BCUT2D eigenvalue weighted by Gasteiger charge is 1.89. The topological polar surface area (TPSA) is 77.3 Å². The lowest BCUT2D eigenvalue weighted by atomic mass is 10.2. The Morgan fingerprint density at radius 1 is 1.33 bits per heavy atom. The van der Waals surface area contributed by atoms with E-state index in [1.165, 1.54) is 5.56 Å². The van der Waals surface area contributed by atoms with Gasteiger partial charge in [-0.05, 0) is 24.1 Å². The van der Waals surface area contributed by atoms with Gasteiger partial charge in [0.1, 0.15) is 0 Å². The molecule has 0 spiro atoms. The molecule has 0 aromatic carbocycles. The van der Waals surface area contributed by atoms with Gasteiger partial charge in [0, 0.05) is 18.9 Å². The maximum absolute atomic E-state index is 5.17. The highest BCUT2D eigenvalue weighted by atomic mass is 15.0. The zero-order valence-corrected chi connectivity index (χ0v) is 6.77. The summed E-state index contributed by atoms with van der Waals surface area (Å²) in [4.78, 5) is 7.78. The smallest absolute Gasteiger partial charge is 0.185 e. The Balaban J connectivity index is 2.39. The first kappa shape index (κ1) is 8.52. The van der Waals surface area contributed by atoms with Gasteiger partial charge in [-0.25, -0.2) is 0 Å². The molecule has 64 valence electrons. The first-order valence-electron chi connectivity index (χ1n) is 3.73. The predicted molar refractivity (Wildman–Crippen MR) is 48.6 cm³/mol. The second-order valence-electron chi connectivity index (χ2n) is 2.41. The number of aromatic nitrogens is 1. The Kier molecular flexibility index (Phi) is 3.07. The van der Waals surface area contributed by atoms with Crippen molar-refractivity contribution in [3.8, 4) is 0 Å². The highest BCUT2D eigenvalue weighted by Crippen LogP contribution is 1.96. The Bertz CT molecular complexity index is 251. The van der Waals surface area contributed by atoms with Gasteiger partial charge in [-0.3, -0.25) is 9.98 Å². The van der Waals surface area contributed by atoms with Crippen molar-refractivity contribution in [3.05, 3.63) is 30.1 Å². The lowest BCUT2D eigenvalue weighted by Crippen LogP contribution is -2.23. The van der Waals surface area contributed by atoms with Gasteiger partial charge >= 0.3 is 0 Å². The van der Waals surface area contributed by atoms with Crippen molar-refractivity contribution >= 4 is 5.96 Å². The summed E-state index contributed by atoms with van der Waals surface area (Å²) in [6, 6.07) is 3.89. The molecular formula is C8H12N4. The molecule has 0 atom stereocenters. The van der Waals surface area contributed by atoms with Gasteiger partial charge in [-0.1, -0.05) is 0 Å². The molecule has 0 bridgehead atoms. The molecule has 0 unspecified atom stereocenters. The summed E-state index contributed by atoms with van der Waals surface area (Å²) in [7, 11) is 0. The minimum absolute atomic E-state index is 0.143. The fourth-order valence-corrected chi connectivity index (χ4v) is 0.864. The molecule has 1 aromatic heterocycles. The zero-order chi connectivity index (χ0) is 8.81. The summed E-state index contributed by atoms with van der Waals surface area (Å²) >= 11 is 0. The van der Waals surface area contributed by atoms with Crippen LogP contribution in [0.25, 0.3) is 0 Å². The number of hydrogen-bond acceptors (Lipinski definition) is 2. The van der Waals surface area contributed by atoms with E-state index in [0.29, 0.717) is 6.54 Å². The summed E-state index contributed by atoms with van der Waals surface area (Å²) in [5.41, 5.74) is 11.5. The van der Waals surface area contributed by atoms with Crippen LogP contribution in [0.3, 0.4) is 0 Å². The van der Waals surface area contributed by atoms with Crippen molar-refractivity contribution in [1.29, 1.82) is 0 Å². The number of hydrogen-bond donors (Lipinski definition) is 2. The van der Waals surface area contributed by atoms with E-state index < -0.39 is 0 Å². The molecule has 1 heterocycles. The van der Waals surface area contributed by atoms with Crippen LogP contribution in [0.4, 0.5) is 0 Å². The largest absolute Gasteiger partial charge is 0.370 e. The third-order valence-corrected chi connectivity index (χ3v) is 1.44. The van der Waals surface area contributed by atoms with E-state index in [-0.39, 0.29) is 5.96 Å². The Hall–Kier alpha value is -1.58. The first-order chi connectivity index (χ1) is 5.79. The van der Waals surface area contributed by atoms with Crippen molar-refractivity contribution in [2.24, 2.45) is 16.5 Å². The second kappa shape index (κ2) is 4.33. The van der Waals surface area contributed by atoms with Gasteiger partial charge in [-0.2, -0.15) is 0 Å². The Morgan fingerprint density at radius 3 is 2.58 bits per heavy atom. The summed E-state index contributed by atoms with van der Waals surface area (Å²) in [6.07, 6.45) is 4.36. The fourth-order valence-electron chi connectivity index (χ4n) is 0.864. The van der Waals surface area contributed by atoms with Gasteiger partial charge in [-0.15, -0.1) is 0 Å². The molecule has 4 nitrogen and oxygen atoms in total. The summed E-state index contributed by atoms with van der Waals surface area (Å²) in [6.45, 7) is 0.631. The summed E-state index contributed by atoms with van der Waals surface area (Å²) in [5.74, 6) is 0.143. The normalized spacial score (nSPS) is 9.33. The minimum Gasteiger partial charge on any atom is -0.370 e. The van der Waals surface area contributed by atoms with Gasteiger partial charge in [0.25, 0.3) is 0 Å². The molecule has 0 aliphatic heterocycles. The van der Waals surface area contributed by atoms with Crippen LogP contribution in [0, 0.1) is 0 Å². The van der Waals surface area contributed by atoms with Crippen molar-refractivity contribution in [1.82, 2.24) is 4.98 Å². The molecule has 0 fully saturated rings. The molecule has 0 radical (unpaired) electrons. The van der Waals surface area contributed by atoms with E-state index in [0.717, 1.165) is 6.42 Å². The van der Waals surface area contributed by atoms with Crippen LogP contribution in [0.2, 0.25) is 0 Å². The molecule has 1 aromatic rings. The predicted octanol–water partition coefficient (Wildman–Crippen LogP) is -0.102. The lowest BCUT2D eigenvalue weighted by molar-refractivity contribution is 0.958. The van der Waals surface area contributed by atoms with Crippen LogP contribution in [0.1, 0.15) is 5.56 Å². The molecule has 0 aliphatic carbocycles. The van der Waals surface area contributed by atoms with E-state index >= 15 is 0 Å². The van der Waals surface area contributed by atoms with Crippen LogP contribution in [0.5, 0.6) is 0 Å². The van der Waals surface area contributed by atoms with E-state index in [9.17, 15) is 0 Å². The molecule has 0 saturated heterocycles. The number of nitrogens with two attached hydrogens (primary N) is 2. The van der Waals surface area contributed by atoms with E-state index in [2.05, 4.69) is 9.98 Å². The summed E-state index contributed by atoms with van der Waals surface area (Å²) < 4.78 is 0. The van der Waals surface area contributed by atoms with Crippen LogP contribution in [-0.2, 0) is 6.42 Å². The number of pyridine rings is 1. The Morgan fingerprint density at radius 2 is 2.00 bits per heavy atom. The first-order valence-corrected chi connectivity index (χ1v) is 3.73. The van der Waals surface area contributed by atoms with Crippen molar-refractivity contribution in [3.63, 3.8) is 0 Å². The third kappa shape index (κ3) is 3.01. The number of guanidine groups is 1. The highest BCUT2D eigenvalue weighted by molar-refractivity contribution is 5.75. The maximum Gasteiger partial charge on any atom is 0.185 e. The van der Waals surface area contributed by atoms with Gasteiger partial charge in [0.05, 0.1) is 0 Å². The number of nitrogens with zero attached hydrogens (tertiary/aromatic N) is 2. The van der Waals surface area contributed by atoms with Crippen molar-refractivity contribution in [2.75, 3.05) is 6.54 Å². The average molecular weight is 164 g/mol. The Labute approximate surface area is 71.3 Å². The molecule has 1 rings (SSSR count). The van der Waals surface area contributed by atoms with Gasteiger partial charge in [0.15, 0.2) is 5.96 Å². The molecule has 12 heavy (non-hydrogen) atoms.